The van der Waals surface area contributed by atoms with Crippen molar-refractivity contribution in [1.29, 1.82) is 0 Å². The van der Waals surface area contributed by atoms with Gasteiger partial charge in [-0.15, -0.1) is 11.6 Å². The number of rotatable bonds is 5. The number of hydrogen-bond donors (Lipinski definition) is 0. The van der Waals surface area contributed by atoms with Gasteiger partial charge < -0.3 is 9.64 Å². The first kappa shape index (κ1) is 16.3. The van der Waals surface area contributed by atoms with E-state index >= 15 is 0 Å². The van der Waals surface area contributed by atoms with Gasteiger partial charge in [0.25, 0.3) is 0 Å². The lowest BCUT2D eigenvalue weighted by molar-refractivity contribution is -0.133. The number of likely N-dealkylation sites (tertiary alicyclic amines) is 1. The molecule has 1 saturated heterocycles. The molecule has 2 rings (SSSR count). The third-order valence-corrected chi connectivity index (χ3v) is 4.23. The molecule has 116 valence electrons. The second kappa shape index (κ2) is 7.81. The lowest BCUT2D eigenvalue weighted by Crippen LogP contribution is -2.41. The van der Waals surface area contributed by atoms with Crippen LogP contribution in [0.1, 0.15) is 29.5 Å². The van der Waals surface area contributed by atoms with Gasteiger partial charge in [0.1, 0.15) is 0 Å². The fourth-order valence-corrected chi connectivity index (χ4v) is 2.84. The minimum atomic E-state index is 0.222. The van der Waals surface area contributed by atoms with Crippen LogP contribution in [0, 0.1) is 13.8 Å². The highest BCUT2D eigenvalue weighted by molar-refractivity contribution is 6.17. The number of ether oxygens (including phenoxy) is 1. The summed E-state index contributed by atoms with van der Waals surface area (Å²) in [6.07, 6.45) is 2.58. The summed E-state index contributed by atoms with van der Waals surface area (Å²) in [4.78, 5) is 14.4. The fraction of sp³-hybridized carbons (Fsp3) is 0.588. The predicted molar refractivity (Wildman–Crippen MR) is 85.9 cm³/mol. The van der Waals surface area contributed by atoms with Crippen LogP contribution in [0.5, 0.6) is 0 Å². The van der Waals surface area contributed by atoms with Gasteiger partial charge in [0.05, 0.1) is 19.1 Å². The van der Waals surface area contributed by atoms with E-state index < -0.39 is 0 Å². The van der Waals surface area contributed by atoms with Crippen LogP contribution in [0.4, 0.5) is 0 Å². The van der Waals surface area contributed by atoms with E-state index in [1.807, 2.05) is 4.90 Å². The highest BCUT2D eigenvalue weighted by Gasteiger charge is 2.23. The second-order valence-corrected chi connectivity index (χ2v) is 6.12. The molecule has 1 aliphatic heterocycles. The van der Waals surface area contributed by atoms with Crippen molar-refractivity contribution in [3.8, 4) is 0 Å². The van der Waals surface area contributed by atoms with Crippen molar-refractivity contribution in [3.05, 3.63) is 34.9 Å². The Morgan fingerprint density at radius 3 is 2.71 bits per heavy atom. The molecule has 21 heavy (non-hydrogen) atoms. The number of nitrogens with zero attached hydrogens (tertiary/aromatic N) is 1. The van der Waals surface area contributed by atoms with Gasteiger partial charge in [0, 0.05) is 19.0 Å². The average Bonchev–Trinajstić information content (AvgIpc) is 2.49. The summed E-state index contributed by atoms with van der Waals surface area (Å²) in [6.45, 7) is 6.30. The molecule has 1 heterocycles. The number of alkyl halides is 1. The third kappa shape index (κ3) is 4.72. The molecule has 1 fully saturated rings. The highest BCUT2D eigenvalue weighted by atomic mass is 35.5. The van der Waals surface area contributed by atoms with Gasteiger partial charge in [-0.25, -0.2) is 0 Å². The summed E-state index contributed by atoms with van der Waals surface area (Å²) < 4.78 is 5.64. The van der Waals surface area contributed by atoms with Gasteiger partial charge in [-0.3, -0.25) is 4.79 Å². The number of piperidine rings is 1. The van der Waals surface area contributed by atoms with E-state index in [0.717, 1.165) is 31.5 Å². The lowest BCUT2D eigenvalue weighted by atomic mass is 10.0. The summed E-state index contributed by atoms with van der Waals surface area (Å²) in [7, 11) is 0. The second-order valence-electron chi connectivity index (χ2n) is 5.75. The minimum Gasteiger partial charge on any atom is -0.377 e. The summed E-state index contributed by atoms with van der Waals surface area (Å²) in [5.74, 6) is 0.755. The van der Waals surface area contributed by atoms with E-state index in [-0.39, 0.29) is 12.0 Å². The van der Waals surface area contributed by atoms with Gasteiger partial charge in [-0.05, 0) is 37.8 Å². The first-order valence-electron chi connectivity index (χ1n) is 7.61. The molecule has 0 saturated carbocycles. The fourth-order valence-electron chi connectivity index (χ4n) is 2.75. The molecule has 1 aromatic rings. The zero-order valence-electron chi connectivity index (χ0n) is 12.9. The van der Waals surface area contributed by atoms with Crippen molar-refractivity contribution < 1.29 is 9.53 Å². The van der Waals surface area contributed by atoms with Crippen molar-refractivity contribution in [2.45, 2.75) is 39.2 Å². The quantitative estimate of drug-likeness (QED) is 0.782. The molecule has 1 aromatic carbocycles. The van der Waals surface area contributed by atoms with Crippen molar-refractivity contribution in [2.75, 3.05) is 25.6 Å². The molecular formula is C17H24ClNO2. The van der Waals surface area contributed by atoms with Crippen molar-refractivity contribution in [3.63, 3.8) is 0 Å². The number of carbonyl (C=O) groups is 1. The molecule has 0 N–H and O–H groups in total. The summed E-state index contributed by atoms with van der Waals surface area (Å²) in [5, 5.41) is 0. The summed E-state index contributed by atoms with van der Waals surface area (Å²) in [5.41, 5.74) is 3.53. The molecule has 0 radical (unpaired) electrons. The lowest BCUT2D eigenvalue weighted by Gasteiger charge is -2.32. The largest absolute Gasteiger partial charge is 0.377 e. The molecular weight excluding hydrogens is 286 g/mol. The SMILES string of the molecule is Cc1ccc(C)c(CC(=O)N2CCC(OCCCl)CC2)c1. The van der Waals surface area contributed by atoms with E-state index in [9.17, 15) is 4.79 Å². The number of halogens is 1. The van der Waals surface area contributed by atoms with Crippen LogP contribution in [0.15, 0.2) is 18.2 Å². The molecule has 3 nitrogen and oxygen atoms in total. The maximum atomic E-state index is 12.4. The Labute approximate surface area is 132 Å². The molecule has 0 aliphatic carbocycles. The van der Waals surface area contributed by atoms with Crippen LogP contribution in [-0.4, -0.2) is 42.5 Å². The Bertz CT molecular complexity index is 482. The number of amides is 1. The Hall–Kier alpha value is -1.06. The molecule has 0 atom stereocenters. The number of hydrogen-bond acceptors (Lipinski definition) is 2. The van der Waals surface area contributed by atoms with E-state index in [4.69, 9.17) is 16.3 Å². The van der Waals surface area contributed by atoms with E-state index in [0.29, 0.717) is 18.9 Å². The summed E-state index contributed by atoms with van der Waals surface area (Å²) >= 11 is 5.63. The Balaban J connectivity index is 1.86. The number of aryl methyl sites for hydroxylation is 2. The Kier molecular flexibility index (Phi) is 6.07. The van der Waals surface area contributed by atoms with Gasteiger partial charge >= 0.3 is 0 Å². The molecule has 0 bridgehead atoms. The van der Waals surface area contributed by atoms with Gasteiger partial charge in [0.2, 0.25) is 5.91 Å². The first-order valence-corrected chi connectivity index (χ1v) is 8.15. The summed E-state index contributed by atoms with van der Waals surface area (Å²) in [6, 6.07) is 6.29. The van der Waals surface area contributed by atoms with Gasteiger partial charge in [-0.1, -0.05) is 23.8 Å². The first-order chi connectivity index (χ1) is 10.1. The number of carbonyl (C=O) groups excluding carboxylic acids is 1. The van der Waals surface area contributed by atoms with Crippen molar-refractivity contribution >= 4 is 17.5 Å². The average molecular weight is 310 g/mol. The molecule has 4 heteroatoms. The monoisotopic (exact) mass is 309 g/mol. The maximum absolute atomic E-state index is 12.4. The highest BCUT2D eigenvalue weighted by Crippen LogP contribution is 2.17. The van der Waals surface area contributed by atoms with Crippen LogP contribution in [0.25, 0.3) is 0 Å². The van der Waals surface area contributed by atoms with Crippen LogP contribution < -0.4 is 0 Å². The predicted octanol–water partition coefficient (Wildman–Crippen LogP) is 3.09. The van der Waals surface area contributed by atoms with Crippen molar-refractivity contribution in [2.24, 2.45) is 0 Å². The topological polar surface area (TPSA) is 29.5 Å². The van der Waals surface area contributed by atoms with E-state index in [1.54, 1.807) is 0 Å². The van der Waals surface area contributed by atoms with Crippen LogP contribution in [-0.2, 0) is 16.0 Å². The molecule has 1 aliphatic rings. The molecule has 0 spiro atoms. The maximum Gasteiger partial charge on any atom is 0.227 e. The molecule has 1 amide bonds. The standard InChI is InChI=1S/C17H24ClNO2/c1-13-3-4-14(2)15(11-13)12-17(20)19-8-5-16(6-9-19)21-10-7-18/h3-4,11,16H,5-10,12H2,1-2H3. The number of benzene rings is 1. The Morgan fingerprint density at radius 1 is 1.33 bits per heavy atom. The van der Waals surface area contributed by atoms with Crippen LogP contribution >= 0.6 is 11.6 Å². The Morgan fingerprint density at radius 2 is 2.05 bits per heavy atom. The molecule has 0 aromatic heterocycles. The van der Waals surface area contributed by atoms with E-state index in [1.165, 1.54) is 11.1 Å². The van der Waals surface area contributed by atoms with Crippen LogP contribution in [0.2, 0.25) is 0 Å². The zero-order chi connectivity index (χ0) is 15.2. The third-order valence-electron chi connectivity index (χ3n) is 4.07. The zero-order valence-corrected chi connectivity index (χ0v) is 13.7. The minimum absolute atomic E-state index is 0.222. The van der Waals surface area contributed by atoms with Crippen LogP contribution in [0.3, 0.4) is 0 Å². The van der Waals surface area contributed by atoms with Gasteiger partial charge in [0.15, 0.2) is 0 Å². The normalized spacial score (nSPS) is 16.2. The molecule has 0 unspecified atom stereocenters. The van der Waals surface area contributed by atoms with E-state index in [2.05, 4.69) is 32.0 Å². The van der Waals surface area contributed by atoms with Gasteiger partial charge in [-0.2, -0.15) is 0 Å². The smallest absolute Gasteiger partial charge is 0.227 e. The van der Waals surface area contributed by atoms with Crippen molar-refractivity contribution in [1.82, 2.24) is 4.90 Å².